The second-order valence-corrected chi connectivity index (χ2v) is 7.08. The van der Waals surface area contributed by atoms with Crippen molar-refractivity contribution in [3.05, 3.63) is 99.7 Å². The molecule has 0 unspecified atom stereocenters. The first-order chi connectivity index (χ1) is 14.1. The molecule has 144 valence electrons. The topological polar surface area (TPSA) is 51.1 Å². The van der Waals surface area contributed by atoms with Gasteiger partial charge in [0.25, 0.3) is 5.91 Å². The highest BCUT2D eigenvalue weighted by atomic mass is 35.5. The molecular weight excluding hydrogens is 384 g/mol. The number of pyridine rings is 1. The largest absolute Gasteiger partial charge is 0.327 e. The van der Waals surface area contributed by atoms with Crippen LogP contribution in [0.3, 0.4) is 0 Å². The van der Waals surface area contributed by atoms with Crippen LogP contribution in [-0.2, 0) is 6.54 Å². The highest BCUT2D eigenvalue weighted by Crippen LogP contribution is 2.30. The van der Waals surface area contributed by atoms with Gasteiger partial charge in [-0.15, -0.1) is 0 Å². The van der Waals surface area contributed by atoms with Gasteiger partial charge in [0, 0.05) is 22.5 Å². The van der Waals surface area contributed by atoms with E-state index in [4.69, 9.17) is 11.6 Å². The number of para-hydroxylation sites is 1. The molecule has 1 N–H and O–H groups in total. The molecule has 0 aliphatic heterocycles. The summed E-state index contributed by atoms with van der Waals surface area (Å²) < 4.78 is 1.96. The van der Waals surface area contributed by atoms with E-state index in [0.29, 0.717) is 39.5 Å². The van der Waals surface area contributed by atoms with Crippen LogP contribution in [0.1, 0.15) is 17.3 Å². The number of fused-ring (bicyclic) bond motifs is 1. The van der Waals surface area contributed by atoms with E-state index in [1.54, 1.807) is 36.4 Å². The maximum Gasteiger partial charge on any atom is 0.256 e. The van der Waals surface area contributed by atoms with Crippen molar-refractivity contribution in [2.75, 3.05) is 5.32 Å². The van der Waals surface area contributed by atoms with Crippen molar-refractivity contribution < 1.29 is 4.79 Å². The number of anilines is 1. The highest BCUT2D eigenvalue weighted by molar-refractivity contribution is 6.30. The fraction of sp³-hybridized carbons (Fsp3) is 0.0833. The quantitative estimate of drug-likeness (QED) is 0.483. The van der Waals surface area contributed by atoms with E-state index in [0.717, 1.165) is 5.52 Å². The number of amides is 1. The van der Waals surface area contributed by atoms with E-state index in [2.05, 4.69) is 5.32 Å². The Bertz CT molecular complexity index is 1250. The van der Waals surface area contributed by atoms with Gasteiger partial charge in [0.15, 0.2) is 5.43 Å². The Labute approximate surface area is 173 Å². The molecule has 4 aromatic rings. The fourth-order valence-corrected chi connectivity index (χ4v) is 3.64. The van der Waals surface area contributed by atoms with Crippen LogP contribution in [0.15, 0.2) is 83.7 Å². The predicted octanol–water partition coefficient (Wildman–Crippen LogP) is 5.59. The van der Waals surface area contributed by atoms with Crippen LogP contribution in [0.5, 0.6) is 0 Å². The van der Waals surface area contributed by atoms with Gasteiger partial charge in [-0.3, -0.25) is 9.59 Å². The van der Waals surface area contributed by atoms with Crippen LogP contribution >= 0.6 is 11.6 Å². The van der Waals surface area contributed by atoms with Gasteiger partial charge in [-0.05, 0) is 48.9 Å². The number of carbonyl (C=O) groups is 1. The first-order valence-corrected chi connectivity index (χ1v) is 9.76. The van der Waals surface area contributed by atoms with Gasteiger partial charge in [0.05, 0.1) is 11.1 Å². The van der Waals surface area contributed by atoms with Crippen molar-refractivity contribution in [3.8, 4) is 11.1 Å². The lowest BCUT2D eigenvalue weighted by atomic mass is 10.0. The molecule has 4 nitrogen and oxygen atoms in total. The van der Waals surface area contributed by atoms with Crippen molar-refractivity contribution in [2.24, 2.45) is 0 Å². The van der Waals surface area contributed by atoms with E-state index in [-0.39, 0.29) is 11.3 Å². The molecule has 0 radical (unpaired) electrons. The molecule has 0 saturated heterocycles. The van der Waals surface area contributed by atoms with Crippen LogP contribution < -0.4 is 10.7 Å². The van der Waals surface area contributed by atoms with Crippen LogP contribution in [-0.4, -0.2) is 10.5 Å². The molecule has 0 saturated carbocycles. The lowest BCUT2D eigenvalue weighted by Crippen LogP contribution is -2.22. The van der Waals surface area contributed by atoms with Crippen molar-refractivity contribution in [1.82, 2.24) is 4.57 Å². The third kappa shape index (κ3) is 3.55. The Morgan fingerprint density at radius 2 is 1.59 bits per heavy atom. The maximum absolute atomic E-state index is 13.4. The zero-order valence-corrected chi connectivity index (χ0v) is 16.6. The number of hydrogen-bond acceptors (Lipinski definition) is 2. The second-order valence-electron chi connectivity index (χ2n) is 6.64. The Hall–Kier alpha value is -3.37. The summed E-state index contributed by atoms with van der Waals surface area (Å²) in [5, 5.41) is 4.18. The normalized spacial score (nSPS) is 10.8. The van der Waals surface area contributed by atoms with Crippen molar-refractivity contribution >= 4 is 34.2 Å². The minimum absolute atomic E-state index is 0.129. The first-order valence-electron chi connectivity index (χ1n) is 9.38. The smallest absolute Gasteiger partial charge is 0.256 e. The zero-order valence-electron chi connectivity index (χ0n) is 15.9. The third-order valence-electron chi connectivity index (χ3n) is 4.89. The first kappa shape index (κ1) is 19.0. The Kier molecular flexibility index (Phi) is 5.19. The molecule has 0 aliphatic rings. The number of halogens is 1. The molecule has 4 rings (SSSR count). The van der Waals surface area contributed by atoms with Gasteiger partial charge in [-0.2, -0.15) is 0 Å². The highest BCUT2D eigenvalue weighted by Gasteiger charge is 2.20. The van der Waals surface area contributed by atoms with Crippen molar-refractivity contribution in [1.29, 1.82) is 0 Å². The summed E-state index contributed by atoms with van der Waals surface area (Å²) >= 11 is 6.04. The Morgan fingerprint density at radius 3 is 2.28 bits per heavy atom. The van der Waals surface area contributed by atoms with E-state index >= 15 is 0 Å². The Morgan fingerprint density at radius 1 is 0.931 bits per heavy atom. The number of nitrogens with zero attached hydrogens (tertiary/aromatic N) is 1. The van der Waals surface area contributed by atoms with Gasteiger partial charge in [-0.1, -0.05) is 54.1 Å². The van der Waals surface area contributed by atoms with E-state index in [1.807, 2.05) is 54.0 Å². The van der Waals surface area contributed by atoms with E-state index in [9.17, 15) is 9.59 Å². The minimum atomic E-state index is -0.266. The number of rotatable bonds is 4. The zero-order chi connectivity index (χ0) is 20.4. The van der Waals surface area contributed by atoms with Gasteiger partial charge < -0.3 is 9.88 Å². The number of benzene rings is 3. The number of aryl methyl sites for hydroxylation is 1. The summed E-state index contributed by atoms with van der Waals surface area (Å²) in [6.07, 6.45) is 0. The van der Waals surface area contributed by atoms with Crippen LogP contribution in [0, 0.1) is 0 Å². The average molecular weight is 403 g/mol. The molecule has 0 bridgehead atoms. The summed E-state index contributed by atoms with van der Waals surface area (Å²) in [6, 6.07) is 23.5. The van der Waals surface area contributed by atoms with Crippen LogP contribution in [0.2, 0.25) is 5.02 Å². The van der Waals surface area contributed by atoms with E-state index < -0.39 is 0 Å². The van der Waals surface area contributed by atoms with Crippen molar-refractivity contribution in [3.63, 3.8) is 0 Å². The molecule has 0 fully saturated rings. The number of aromatic nitrogens is 1. The number of hydrogen-bond donors (Lipinski definition) is 1. The summed E-state index contributed by atoms with van der Waals surface area (Å²) in [6.45, 7) is 2.58. The minimum Gasteiger partial charge on any atom is -0.327 e. The van der Waals surface area contributed by atoms with Crippen LogP contribution in [0.25, 0.3) is 22.0 Å². The van der Waals surface area contributed by atoms with Gasteiger partial charge in [0.2, 0.25) is 0 Å². The summed E-state index contributed by atoms with van der Waals surface area (Å²) in [7, 11) is 0. The fourth-order valence-electron chi connectivity index (χ4n) is 3.51. The van der Waals surface area contributed by atoms with Gasteiger partial charge >= 0.3 is 0 Å². The monoisotopic (exact) mass is 402 g/mol. The molecule has 29 heavy (non-hydrogen) atoms. The number of carbonyl (C=O) groups excluding carboxylic acids is 1. The molecule has 3 aromatic carbocycles. The standard InChI is InChI=1S/C24H19ClN2O2/c1-2-27-20-11-7-6-10-19(20)22(28)21(16-12-14-18(25)15-13-16)23(27)26-24(29)17-8-4-3-5-9-17/h3-15H,2H2,1H3,(H,26,29). The third-order valence-corrected chi connectivity index (χ3v) is 5.14. The van der Waals surface area contributed by atoms with Gasteiger partial charge in [-0.25, -0.2) is 0 Å². The van der Waals surface area contributed by atoms with Crippen LogP contribution in [0.4, 0.5) is 5.82 Å². The molecule has 1 amide bonds. The lowest BCUT2D eigenvalue weighted by molar-refractivity contribution is 0.102. The lowest BCUT2D eigenvalue weighted by Gasteiger charge is -2.20. The van der Waals surface area contributed by atoms with E-state index in [1.165, 1.54) is 0 Å². The van der Waals surface area contributed by atoms with Gasteiger partial charge in [0.1, 0.15) is 5.82 Å². The molecule has 0 atom stereocenters. The van der Waals surface area contributed by atoms with Crippen molar-refractivity contribution in [2.45, 2.75) is 13.5 Å². The molecular formula is C24H19ClN2O2. The maximum atomic E-state index is 13.4. The molecule has 1 heterocycles. The molecule has 0 aliphatic carbocycles. The Balaban J connectivity index is 1.99. The average Bonchev–Trinajstić information content (AvgIpc) is 2.76. The summed E-state index contributed by atoms with van der Waals surface area (Å²) in [5.74, 6) is 0.213. The number of nitrogens with one attached hydrogen (secondary N) is 1. The molecule has 1 aromatic heterocycles. The molecule has 5 heteroatoms. The second kappa shape index (κ2) is 7.94. The SMILES string of the molecule is CCn1c(NC(=O)c2ccccc2)c(-c2ccc(Cl)cc2)c(=O)c2ccccc21. The summed E-state index contributed by atoms with van der Waals surface area (Å²) in [5.41, 5.74) is 2.33. The molecule has 0 spiro atoms. The summed E-state index contributed by atoms with van der Waals surface area (Å²) in [4.78, 5) is 26.3. The predicted molar refractivity (Wildman–Crippen MR) is 119 cm³/mol.